The molecule has 3 aromatic heterocycles. The van der Waals surface area contributed by atoms with E-state index in [1.807, 2.05) is 0 Å². The number of halogens is 6. The molecule has 0 aliphatic carbocycles. The number of benzene rings is 3. The van der Waals surface area contributed by atoms with E-state index in [4.69, 9.17) is 4.74 Å². The molecule has 0 saturated carbocycles. The summed E-state index contributed by atoms with van der Waals surface area (Å²) in [7, 11) is 1.33. The van der Waals surface area contributed by atoms with Crippen LogP contribution in [-0.4, -0.2) is 45.4 Å². The molecule has 18 heteroatoms. The quantitative estimate of drug-likeness (QED) is 0.211. The molecule has 0 saturated heterocycles. The van der Waals surface area contributed by atoms with E-state index in [1.54, 1.807) is 0 Å². The second-order valence-corrected chi connectivity index (χ2v) is 10.1. The highest BCUT2D eigenvalue weighted by Gasteiger charge is 2.33. The summed E-state index contributed by atoms with van der Waals surface area (Å²) in [6.45, 7) is -0.987. The van der Waals surface area contributed by atoms with Gasteiger partial charge in [0.15, 0.2) is 17.4 Å². The molecule has 244 valence electrons. The first-order chi connectivity index (χ1) is 22.0. The summed E-state index contributed by atoms with van der Waals surface area (Å²) in [4.78, 5) is 36.3. The number of hydrogen-bond donors (Lipinski definition) is 2. The van der Waals surface area contributed by atoms with Gasteiger partial charge in [0.1, 0.15) is 37.4 Å². The van der Waals surface area contributed by atoms with Crippen LogP contribution in [0.5, 0.6) is 5.75 Å². The van der Waals surface area contributed by atoms with Crippen molar-refractivity contribution >= 4 is 35.0 Å². The lowest BCUT2D eigenvalue weighted by molar-refractivity contribution is -0.137. The lowest BCUT2D eigenvalue weighted by atomic mass is 10.00. The van der Waals surface area contributed by atoms with Crippen molar-refractivity contribution in [1.82, 2.24) is 39.5 Å². The van der Waals surface area contributed by atoms with Crippen molar-refractivity contribution in [3.63, 3.8) is 0 Å². The zero-order chi connectivity index (χ0) is 32.6. The fourth-order valence-electron chi connectivity index (χ4n) is 4.95. The third-order valence-corrected chi connectivity index (χ3v) is 7.14. The first kappa shape index (κ1) is 32.8. The number of ether oxygens (including phenoxy) is 1. The molecule has 6 aromatic rings. The Hall–Kier alpha value is -5.58. The van der Waals surface area contributed by atoms with E-state index in [-0.39, 0.29) is 65.0 Å². The Labute approximate surface area is 267 Å². The van der Waals surface area contributed by atoms with E-state index < -0.39 is 41.5 Å². The number of imidazole rings is 1. The number of amides is 1. The van der Waals surface area contributed by atoms with Crippen molar-refractivity contribution < 1.29 is 31.5 Å². The summed E-state index contributed by atoms with van der Waals surface area (Å²) >= 11 is 0. The first-order valence-electron chi connectivity index (χ1n) is 13.5. The molecule has 2 N–H and O–H groups in total. The van der Waals surface area contributed by atoms with Crippen LogP contribution in [0.25, 0.3) is 22.2 Å². The van der Waals surface area contributed by atoms with E-state index in [9.17, 15) is 27.2 Å². The van der Waals surface area contributed by atoms with Crippen molar-refractivity contribution in [1.29, 1.82) is 0 Å². The molecular formula is C29H23ClF5N9O3. The van der Waals surface area contributed by atoms with E-state index in [0.29, 0.717) is 5.82 Å². The minimum Gasteiger partial charge on any atom is -0.483 e. The SMILES string of the molecule is Cl.Cn1c(=O)n(CC(=O)N(Cc2ncn[nH]2)c2ccc(F)cc2)c2cc(C(F)(F)F)cc(-c3ccc(OCc4ncn[nH]4)c(F)c3)c21. The Kier molecular flexibility index (Phi) is 9.10. The normalized spacial score (nSPS) is 11.4. The monoisotopic (exact) mass is 675 g/mol. The van der Waals surface area contributed by atoms with Crippen LogP contribution >= 0.6 is 12.4 Å². The van der Waals surface area contributed by atoms with Gasteiger partial charge < -0.3 is 9.64 Å². The number of nitrogens with zero attached hydrogens (tertiary/aromatic N) is 7. The van der Waals surface area contributed by atoms with Gasteiger partial charge in [-0.25, -0.2) is 23.5 Å². The lowest BCUT2D eigenvalue weighted by Crippen LogP contribution is -2.36. The van der Waals surface area contributed by atoms with Crippen LogP contribution in [0.2, 0.25) is 0 Å². The topological polar surface area (TPSA) is 140 Å². The zero-order valence-corrected chi connectivity index (χ0v) is 24.9. The van der Waals surface area contributed by atoms with Crippen molar-refractivity contribution in [3.05, 3.63) is 107 Å². The molecule has 0 aliphatic rings. The van der Waals surface area contributed by atoms with Crippen LogP contribution in [0, 0.1) is 11.6 Å². The summed E-state index contributed by atoms with van der Waals surface area (Å²) < 4.78 is 78.7. The molecule has 0 spiro atoms. The Morgan fingerprint density at radius 1 is 0.957 bits per heavy atom. The average molecular weight is 676 g/mol. The number of fused-ring (bicyclic) bond motifs is 1. The second kappa shape index (κ2) is 13.0. The van der Waals surface area contributed by atoms with E-state index in [2.05, 4.69) is 30.4 Å². The number of rotatable bonds is 9. The lowest BCUT2D eigenvalue weighted by Gasteiger charge is -2.22. The molecule has 0 fully saturated rings. The highest BCUT2D eigenvalue weighted by atomic mass is 35.5. The van der Waals surface area contributed by atoms with Crippen LogP contribution in [-0.2, 0) is 37.7 Å². The molecule has 3 aromatic carbocycles. The van der Waals surface area contributed by atoms with Crippen LogP contribution in [0.1, 0.15) is 17.2 Å². The number of nitrogens with one attached hydrogen (secondary N) is 2. The molecule has 0 atom stereocenters. The van der Waals surface area contributed by atoms with Gasteiger partial charge in [-0.05, 0) is 54.1 Å². The number of carbonyl (C=O) groups excluding carboxylic acids is 1. The van der Waals surface area contributed by atoms with Gasteiger partial charge in [0, 0.05) is 18.3 Å². The molecule has 47 heavy (non-hydrogen) atoms. The zero-order valence-electron chi connectivity index (χ0n) is 24.1. The standard InChI is InChI=1S/C29H22F5N9O3.ClH/c1-41-27-20(16-2-7-23(21(31)8-16)46-13-25-36-15-38-40-25)9-17(29(32,33)34)10-22(27)43(28(41)45)12-26(44)42(11-24-35-14-37-39-24)19-5-3-18(30)4-6-19;/h2-10,14-15H,11-13H2,1H3,(H,35,37,39)(H,36,38,40);1H. The number of hydrogen-bond acceptors (Lipinski definition) is 7. The number of anilines is 1. The van der Waals surface area contributed by atoms with Crippen LogP contribution in [0.4, 0.5) is 27.6 Å². The minimum absolute atomic E-state index is 0. The molecule has 0 aliphatic heterocycles. The summed E-state index contributed by atoms with van der Waals surface area (Å²) in [5, 5.41) is 12.6. The third-order valence-electron chi connectivity index (χ3n) is 7.14. The summed E-state index contributed by atoms with van der Waals surface area (Å²) in [5.74, 6) is -1.74. The molecule has 3 heterocycles. The number of aromatic nitrogens is 8. The predicted octanol–water partition coefficient (Wildman–Crippen LogP) is 4.77. The smallest absolute Gasteiger partial charge is 0.416 e. The number of H-pyrrole nitrogens is 2. The summed E-state index contributed by atoms with van der Waals surface area (Å²) in [5.41, 5.74) is -1.93. The Balaban J connectivity index is 0.00000433. The van der Waals surface area contributed by atoms with Gasteiger partial charge in [0.2, 0.25) is 5.91 Å². The molecule has 1 amide bonds. The van der Waals surface area contributed by atoms with Crippen LogP contribution < -0.4 is 15.3 Å². The highest BCUT2D eigenvalue weighted by molar-refractivity contribution is 5.97. The third kappa shape index (κ3) is 6.69. The van der Waals surface area contributed by atoms with Gasteiger partial charge >= 0.3 is 11.9 Å². The first-order valence-corrected chi connectivity index (χ1v) is 13.5. The van der Waals surface area contributed by atoms with Crippen LogP contribution in [0.3, 0.4) is 0 Å². The van der Waals surface area contributed by atoms with Crippen molar-refractivity contribution in [2.45, 2.75) is 25.9 Å². The summed E-state index contributed by atoms with van der Waals surface area (Å²) in [6, 6.07) is 10.1. The predicted molar refractivity (Wildman–Crippen MR) is 160 cm³/mol. The molecule has 12 nitrogen and oxygen atoms in total. The number of carbonyl (C=O) groups is 1. The van der Waals surface area contributed by atoms with Gasteiger partial charge in [0.25, 0.3) is 0 Å². The Morgan fingerprint density at radius 3 is 2.26 bits per heavy atom. The van der Waals surface area contributed by atoms with E-state index >= 15 is 4.39 Å². The second-order valence-electron chi connectivity index (χ2n) is 10.1. The average Bonchev–Trinajstić information content (AvgIpc) is 3.79. The molecule has 6 rings (SSSR count). The Bertz CT molecular complexity index is 2080. The van der Waals surface area contributed by atoms with Crippen molar-refractivity contribution in [3.8, 4) is 16.9 Å². The van der Waals surface area contributed by atoms with Gasteiger partial charge in [-0.2, -0.15) is 23.4 Å². The van der Waals surface area contributed by atoms with Crippen LogP contribution in [0.15, 0.2) is 72.0 Å². The fourth-order valence-corrected chi connectivity index (χ4v) is 4.95. The number of aryl methyl sites for hydroxylation is 1. The van der Waals surface area contributed by atoms with Gasteiger partial charge in [0.05, 0.1) is 23.1 Å². The minimum atomic E-state index is -4.85. The Morgan fingerprint density at radius 2 is 1.64 bits per heavy atom. The fraction of sp³-hybridized carbons (Fsp3) is 0.172. The molecule has 0 unspecified atom stereocenters. The van der Waals surface area contributed by atoms with Gasteiger partial charge in [-0.15, -0.1) is 12.4 Å². The molecular weight excluding hydrogens is 653 g/mol. The number of aromatic amines is 2. The molecule has 0 bridgehead atoms. The number of alkyl halides is 3. The maximum absolute atomic E-state index is 15.1. The molecule has 0 radical (unpaired) electrons. The van der Waals surface area contributed by atoms with E-state index in [0.717, 1.165) is 39.5 Å². The van der Waals surface area contributed by atoms with E-state index in [1.165, 1.54) is 48.9 Å². The van der Waals surface area contributed by atoms with Crippen molar-refractivity contribution in [2.24, 2.45) is 7.05 Å². The summed E-state index contributed by atoms with van der Waals surface area (Å²) in [6.07, 6.45) is -2.39. The maximum atomic E-state index is 15.1. The van der Waals surface area contributed by atoms with Gasteiger partial charge in [-0.3, -0.25) is 24.1 Å². The van der Waals surface area contributed by atoms with Crippen molar-refractivity contribution in [2.75, 3.05) is 4.90 Å². The van der Waals surface area contributed by atoms with Gasteiger partial charge in [-0.1, -0.05) is 6.07 Å². The highest BCUT2D eigenvalue weighted by Crippen LogP contribution is 2.38. The maximum Gasteiger partial charge on any atom is 0.416 e. The largest absolute Gasteiger partial charge is 0.483 e.